The van der Waals surface area contributed by atoms with Crippen molar-refractivity contribution in [1.82, 2.24) is 15.1 Å². The van der Waals surface area contributed by atoms with E-state index in [2.05, 4.69) is 35.9 Å². The molecule has 2 aliphatic rings. The van der Waals surface area contributed by atoms with Crippen molar-refractivity contribution in [3.8, 4) is 0 Å². The van der Waals surface area contributed by atoms with Gasteiger partial charge in [0, 0.05) is 37.8 Å². The topological polar surface area (TPSA) is 18.5 Å². The lowest BCUT2D eigenvalue weighted by molar-refractivity contribution is 0.110. The Bertz CT molecular complexity index is 236. The van der Waals surface area contributed by atoms with E-state index in [-0.39, 0.29) is 0 Å². The summed E-state index contributed by atoms with van der Waals surface area (Å²) < 4.78 is 0. The van der Waals surface area contributed by atoms with E-state index in [0.29, 0.717) is 6.04 Å². The monoisotopic (exact) mass is 253 g/mol. The number of rotatable bonds is 5. The number of nitrogens with zero attached hydrogens (tertiary/aromatic N) is 2. The van der Waals surface area contributed by atoms with Crippen LogP contribution in [0.25, 0.3) is 0 Å². The van der Waals surface area contributed by atoms with Crippen molar-refractivity contribution in [3.63, 3.8) is 0 Å². The molecule has 0 aliphatic carbocycles. The molecule has 2 unspecified atom stereocenters. The van der Waals surface area contributed by atoms with Crippen molar-refractivity contribution in [2.75, 3.05) is 32.7 Å². The van der Waals surface area contributed by atoms with Gasteiger partial charge < -0.3 is 5.32 Å². The van der Waals surface area contributed by atoms with Crippen LogP contribution in [0.15, 0.2) is 0 Å². The molecule has 2 rings (SSSR count). The molecule has 0 bridgehead atoms. The Hall–Kier alpha value is -0.120. The average Bonchev–Trinajstić information content (AvgIpc) is 2.86. The molecule has 106 valence electrons. The molecule has 18 heavy (non-hydrogen) atoms. The third-order valence-electron chi connectivity index (χ3n) is 4.62. The van der Waals surface area contributed by atoms with E-state index >= 15 is 0 Å². The quantitative estimate of drug-likeness (QED) is 0.808. The second kappa shape index (κ2) is 6.88. The van der Waals surface area contributed by atoms with E-state index in [1.807, 2.05) is 0 Å². The number of hydrogen-bond donors (Lipinski definition) is 1. The van der Waals surface area contributed by atoms with Gasteiger partial charge in [0.05, 0.1) is 0 Å². The molecular formula is C15H31N3. The predicted octanol–water partition coefficient (Wildman–Crippen LogP) is 1.93. The van der Waals surface area contributed by atoms with Crippen LogP contribution in [-0.2, 0) is 0 Å². The third kappa shape index (κ3) is 3.46. The Labute approximate surface area is 113 Å². The highest BCUT2D eigenvalue weighted by molar-refractivity contribution is 4.89. The smallest absolute Gasteiger partial charge is 0.0238 e. The standard InChI is InChI=1S/C15H31N3/c1-4-9-18(14-6-5-8-16-11-14)15-7-10-17(12-15)13(2)3/h13-16H,4-12H2,1-3H3. The molecule has 0 aromatic carbocycles. The van der Waals surface area contributed by atoms with Crippen LogP contribution in [-0.4, -0.2) is 60.6 Å². The summed E-state index contributed by atoms with van der Waals surface area (Å²) in [5.41, 5.74) is 0. The van der Waals surface area contributed by atoms with Gasteiger partial charge in [-0.1, -0.05) is 6.92 Å². The first-order valence-corrected chi connectivity index (χ1v) is 7.93. The molecule has 2 saturated heterocycles. The highest BCUT2D eigenvalue weighted by Crippen LogP contribution is 2.22. The predicted molar refractivity (Wildman–Crippen MR) is 78.0 cm³/mol. The summed E-state index contributed by atoms with van der Waals surface area (Å²) in [7, 11) is 0. The number of nitrogens with one attached hydrogen (secondary N) is 1. The van der Waals surface area contributed by atoms with Gasteiger partial charge in [0.15, 0.2) is 0 Å². The maximum Gasteiger partial charge on any atom is 0.0238 e. The number of piperidine rings is 1. The van der Waals surface area contributed by atoms with Crippen LogP contribution in [0.4, 0.5) is 0 Å². The SMILES string of the molecule is CCCN(C1CCCNC1)C1CCN(C(C)C)C1. The molecule has 0 spiro atoms. The van der Waals surface area contributed by atoms with E-state index in [1.165, 1.54) is 58.4 Å². The van der Waals surface area contributed by atoms with Gasteiger partial charge in [0.25, 0.3) is 0 Å². The summed E-state index contributed by atoms with van der Waals surface area (Å²) in [6.45, 7) is 13.3. The van der Waals surface area contributed by atoms with Crippen LogP contribution < -0.4 is 5.32 Å². The van der Waals surface area contributed by atoms with Gasteiger partial charge in [-0.05, 0) is 52.6 Å². The van der Waals surface area contributed by atoms with Gasteiger partial charge in [-0.25, -0.2) is 0 Å². The highest BCUT2D eigenvalue weighted by atomic mass is 15.3. The molecule has 2 heterocycles. The minimum absolute atomic E-state index is 0.711. The van der Waals surface area contributed by atoms with Crippen molar-refractivity contribution < 1.29 is 0 Å². The molecular weight excluding hydrogens is 222 g/mol. The summed E-state index contributed by atoms with van der Waals surface area (Å²) >= 11 is 0. The fourth-order valence-corrected chi connectivity index (χ4v) is 3.55. The van der Waals surface area contributed by atoms with Crippen molar-refractivity contribution in [2.24, 2.45) is 0 Å². The zero-order valence-electron chi connectivity index (χ0n) is 12.5. The largest absolute Gasteiger partial charge is 0.315 e. The van der Waals surface area contributed by atoms with Crippen molar-refractivity contribution >= 4 is 0 Å². The normalized spacial score (nSPS) is 30.5. The van der Waals surface area contributed by atoms with Crippen LogP contribution in [0.5, 0.6) is 0 Å². The van der Waals surface area contributed by atoms with Crippen LogP contribution in [0.3, 0.4) is 0 Å². The zero-order valence-corrected chi connectivity index (χ0v) is 12.5. The molecule has 2 atom stereocenters. The highest BCUT2D eigenvalue weighted by Gasteiger charge is 2.32. The maximum absolute atomic E-state index is 3.58. The Balaban J connectivity index is 1.92. The Morgan fingerprint density at radius 3 is 2.67 bits per heavy atom. The number of hydrogen-bond acceptors (Lipinski definition) is 3. The molecule has 1 N–H and O–H groups in total. The van der Waals surface area contributed by atoms with Gasteiger partial charge in [0.1, 0.15) is 0 Å². The molecule has 3 heteroatoms. The molecule has 0 saturated carbocycles. The summed E-state index contributed by atoms with van der Waals surface area (Å²) in [6, 6.07) is 2.30. The first-order valence-electron chi connectivity index (χ1n) is 7.93. The summed E-state index contributed by atoms with van der Waals surface area (Å²) in [5, 5.41) is 3.58. The van der Waals surface area contributed by atoms with Gasteiger partial charge in [0.2, 0.25) is 0 Å². The molecule has 0 radical (unpaired) electrons. The van der Waals surface area contributed by atoms with E-state index in [1.54, 1.807) is 0 Å². The first kappa shape index (κ1) is 14.3. The number of likely N-dealkylation sites (tertiary alicyclic amines) is 1. The van der Waals surface area contributed by atoms with Gasteiger partial charge in [-0.15, -0.1) is 0 Å². The molecule has 2 fully saturated rings. The minimum atomic E-state index is 0.711. The van der Waals surface area contributed by atoms with Gasteiger partial charge in [-0.2, -0.15) is 0 Å². The van der Waals surface area contributed by atoms with Crippen LogP contribution in [0.2, 0.25) is 0 Å². The van der Waals surface area contributed by atoms with Crippen LogP contribution >= 0.6 is 0 Å². The maximum atomic E-state index is 3.58. The third-order valence-corrected chi connectivity index (χ3v) is 4.62. The fraction of sp³-hybridized carbons (Fsp3) is 1.00. The molecule has 0 aromatic rings. The summed E-state index contributed by atoms with van der Waals surface area (Å²) in [4.78, 5) is 5.46. The van der Waals surface area contributed by atoms with Crippen LogP contribution in [0, 0.1) is 0 Å². The molecule has 0 amide bonds. The fourth-order valence-electron chi connectivity index (χ4n) is 3.55. The second-order valence-corrected chi connectivity index (χ2v) is 6.27. The summed E-state index contributed by atoms with van der Waals surface area (Å²) in [5.74, 6) is 0. The van der Waals surface area contributed by atoms with Crippen molar-refractivity contribution in [2.45, 2.75) is 64.6 Å². The van der Waals surface area contributed by atoms with E-state index in [9.17, 15) is 0 Å². The van der Waals surface area contributed by atoms with E-state index in [4.69, 9.17) is 0 Å². The van der Waals surface area contributed by atoms with Crippen molar-refractivity contribution in [3.05, 3.63) is 0 Å². The second-order valence-electron chi connectivity index (χ2n) is 6.27. The minimum Gasteiger partial charge on any atom is -0.315 e. The van der Waals surface area contributed by atoms with Gasteiger partial charge >= 0.3 is 0 Å². The van der Waals surface area contributed by atoms with Gasteiger partial charge in [-0.3, -0.25) is 9.80 Å². The Kier molecular flexibility index (Phi) is 5.46. The van der Waals surface area contributed by atoms with Crippen molar-refractivity contribution in [1.29, 1.82) is 0 Å². The zero-order chi connectivity index (χ0) is 13.0. The van der Waals surface area contributed by atoms with E-state index in [0.717, 1.165) is 12.1 Å². The lowest BCUT2D eigenvalue weighted by atomic mass is 10.0. The van der Waals surface area contributed by atoms with Crippen LogP contribution in [0.1, 0.15) is 46.5 Å². The first-order chi connectivity index (χ1) is 8.72. The molecule has 0 aromatic heterocycles. The Morgan fingerprint density at radius 2 is 2.11 bits per heavy atom. The Morgan fingerprint density at radius 1 is 1.28 bits per heavy atom. The molecule has 3 nitrogen and oxygen atoms in total. The lowest BCUT2D eigenvalue weighted by Gasteiger charge is -2.39. The average molecular weight is 253 g/mol. The molecule has 2 aliphatic heterocycles. The van der Waals surface area contributed by atoms with E-state index < -0.39 is 0 Å². The lowest BCUT2D eigenvalue weighted by Crippen LogP contribution is -2.51. The summed E-state index contributed by atoms with van der Waals surface area (Å²) in [6.07, 6.45) is 5.40.